The Labute approximate surface area is 81.3 Å². The van der Waals surface area contributed by atoms with Crippen molar-refractivity contribution in [3.05, 3.63) is 30.3 Å². The molecule has 1 rings (SSSR count). The summed E-state index contributed by atoms with van der Waals surface area (Å²) in [4.78, 5) is 0. The van der Waals surface area contributed by atoms with Crippen LogP contribution in [-0.4, -0.2) is 16.0 Å². The third kappa shape index (κ3) is 4.75. The molecule has 0 amide bonds. The van der Waals surface area contributed by atoms with E-state index in [0.29, 0.717) is 0 Å². The summed E-state index contributed by atoms with van der Waals surface area (Å²) in [5.74, 6) is 0.806. The fourth-order valence-electron chi connectivity index (χ4n) is 0.723. The molecule has 0 aromatic heterocycles. The fraction of sp³-hybridized carbons (Fsp3) is 0.333. The first-order valence-electron chi connectivity index (χ1n) is 4.29. The van der Waals surface area contributed by atoms with Gasteiger partial charge >= 0.3 is 7.69 Å². The van der Waals surface area contributed by atoms with Gasteiger partial charge in [0.2, 0.25) is 0 Å². The van der Waals surface area contributed by atoms with Crippen LogP contribution in [0, 0.1) is 0 Å². The van der Waals surface area contributed by atoms with Crippen molar-refractivity contribution < 1.29 is 9.00 Å². The summed E-state index contributed by atoms with van der Waals surface area (Å²) in [7, 11) is -0.0595. The van der Waals surface area contributed by atoms with Crippen LogP contribution < -0.4 is 4.65 Å². The normalized spacial score (nSPS) is 11.0. The molecule has 1 aromatic carbocycles. The molecule has 0 aliphatic heterocycles. The van der Waals surface area contributed by atoms with Crippen molar-refractivity contribution >= 4 is 16.0 Å². The summed E-state index contributed by atoms with van der Waals surface area (Å²) in [6.07, 6.45) is 0. The van der Waals surface area contributed by atoms with Crippen molar-refractivity contribution in [2.75, 3.05) is 0 Å². The van der Waals surface area contributed by atoms with Gasteiger partial charge in [0.25, 0.3) is 0 Å². The van der Waals surface area contributed by atoms with Crippen molar-refractivity contribution in [1.82, 2.24) is 0 Å². The smallest absolute Gasteiger partial charge is 0.538 e. The minimum Gasteiger partial charge on any atom is -0.538 e. The molecule has 0 saturated heterocycles. The maximum atomic E-state index is 5.42. The molecular weight excluding hydrogens is 179 g/mol. The molecule has 0 saturated carbocycles. The zero-order chi connectivity index (χ0) is 9.73. The Morgan fingerprint density at radius 1 is 1.08 bits per heavy atom. The van der Waals surface area contributed by atoms with Crippen LogP contribution in [0.25, 0.3) is 0 Å². The number of rotatable bonds is 4. The monoisotopic (exact) mass is 193 g/mol. The standard InChI is InChI=1S/C9H14BO2Si/c1-13(2,3)12-10-11-9-7-5-4-6-8-9/h4-8H,1-3H3. The van der Waals surface area contributed by atoms with E-state index in [9.17, 15) is 0 Å². The second-order valence-corrected chi connectivity index (χ2v) is 8.22. The molecule has 0 unspecified atom stereocenters. The molecule has 4 heteroatoms. The van der Waals surface area contributed by atoms with E-state index >= 15 is 0 Å². The minimum absolute atomic E-state index is 0.806. The molecule has 0 atom stereocenters. The van der Waals surface area contributed by atoms with Crippen LogP contribution in [-0.2, 0) is 4.34 Å². The number of benzene rings is 1. The van der Waals surface area contributed by atoms with Gasteiger partial charge < -0.3 is 9.00 Å². The number of hydrogen-bond donors (Lipinski definition) is 0. The molecule has 0 spiro atoms. The maximum Gasteiger partial charge on any atom is 0.560 e. The summed E-state index contributed by atoms with van der Waals surface area (Å²) in [6, 6.07) is 9.59. The summed E-state index contributed by atoms with van der Waals surface area (Å²) < 4.78 is 10.7. The zero-order valence-corrected chi connectivity index (χ0v) is 9.28. The van der Waals surface area contributed by atoms with Gasteiger partial charge in [-0.05, 0) is 31.8 Å². The Morgan fingerprint density at radius 3 is 2.23 bits per heavy atom. The van der Waals surface area contributed by atoms with Crippen LogP contribution in [0.5, 0.6) is 5.75 Å². The first kappa shape index (κ1) is 10.3. The van der Waals surface area contributed by atoms with Crippen LogP contribution in [0.2, 0.25) is 19.6 Å². The second-order valence-electron chi connectivity index (χ2n) is 3.76. The Kier molecular flexibility index (Phi) is 3.57. The quantitative estimate of drug-likeness (QED) is 0.683. The van der Waals surface area contributed by atoms with Crippen molar-refractivity contribution in [3.63, 3.8) is 0 Å². The molecule has 69 valence electrons. The van der Waals surface area contributed by atoms with E-state index < -0.39 is 8.32 Å². The highest BCUT2D eigenvalue weighted by atomic mass is 28.4. The first-order valence-corrected chi connectivity index (χ1v) is 7.70. The van der Waals surface area contributed by atoms with E-state index in [1.165, 1.54) is 7.69 Å². The molecule has 13 heavy (non-hydrogen) atoms. The highest BCUT2D eigenvalue weighted by Gasteiger charge is 2.15. The van der Waals surface area contributed by atoms with Crippen molar-refractivity contribution in [1.29, 1.82) is 0 Å². The molecule has 1 aromatic rings. The lowest BCUT2D eigenvalue weighted by molar-refractivity contribution is 0.458. The largest absolute Gasteiger partial charge is 0.560 e. The highest BCUT2D eigenvalue weighted by molar-refractivity contribution is 6.73. The van der Waals surface area contributed by atoms with Crippen LogP contribution in [0.3, 0.4) is 0 Å². The predicted molar refractivity (Wildman–Crippen MR) is 57.3 cm³/mol. The first-order chi connectivity index (χ1) is 6.08. The summed E-state index contributed by atoms with van der Waals surface area (Å²) in [5, 5.41) is 0. The third-order valence-corrected chi connectivity index (χ3v) is 2.13. The molecule has 2 nitrogen and oxygen atoms in total. The van der Waals surface area contributed by atoms with Gasteiger partial charge in [0.15, 0.2) is 8.32 Å². The van der Waals surface area contributed by atoms with Gasteiger partial charge in [-0.25, -0.2) is 0 Å². The maximum absolute atomic E-state index is 5.42. The van der Waals surface area contributed by atoms with Crippen molar-refractivity contribution in [2.24, 2.45) is 0 Å². The zero-order valence-electron chi connectivity index (χ0n) is 8.28. The summed E-state index contributed by atoms with van der Waals surface area (Å²) >= 11 is 0. The highest BCUT2D eigenvalue weighted by Crippen LogP contribution is 2.08. The lowest BCUT2D eigenvalue weighted by Gasteiger charge is -2.16. The van der Waals surface area contributed by atoms with Gasteiger partial charge in [-0.15, -0.1) is 0 Å². The lowest BCUT2D eigenvalue weighted by Crippen LogP contribution is -2.29. The lowest BCUT2D eigenvalue weighted by atomic mass is 10.3. The molecule has 0 bridgehead atoms. The molecule has 0 aliphatic rings. The summed E-state index contributed by atoms with van der Waals surface area (Å²) in [6.45, 7) is 6.33. The average molecular weight is 193 g/mol. The van der Waals surface area contributed by atoms with Crippen LogP contribution >= 0.6 is 0 Å². The van der Waals surface area contributed by atoms with E-state index in [-0.39, 0.29) is 0 Å². The summed E-state index contributed by atoms with van der Waals surface area (Å²) in [5.41, 5.74) is 0. The fourth-order valence-corrected chi connectivity index (χ4v) is 1.06. The van der Waals surface area contributed by atoms with Crippen LogP contribution in [0.15, 0.2) is 30.3 Å². The third-order valence-electron chi connectivity index (χ3n) is 1.33. The van der Waals surface area contributed by atoms with Crippen molar-refractivity contribution in [3.8, 4) is 5.75 Å². The topological polar surface area (TPSA) is 18.5 Å². The van der Waals surface area contributed by atoms with Crippen LogP contribution in [0.4, 0.5) is 0 Å². The van der Waals surface area contributed by atoms with Gasteiger partial charge in [-0.2, -0.15) is 0 Å². The molecule has 0 N–H and O–H groups in total. The number of para-hydroxylation sites is 1. The van der Waals surface area contributed by atoms with Gasteiger partial charge in [-0.1, -0.05) is 18.2 Å². The Bertz CT molecular complexity index is 246. The van der Waals surface area contributed by atoms with E-state index in [4.69, 9.17) is 9.00 Å². The number of hydrogen-bond acceptors (Lipinski definition) is 2. The molecule has 0 fully saturated rings. The molecular formula is C9H14BO2Si. The Hall–Kier alpha value is -0.738. The van der Waals surface area contributed by atoms with Gasteiger partial charge in [-0.3, -0.25) is 0 Å². The predicted octanol–water partition coefficient (Wildman–Crippen LogP) is 2.45. The Balaban J connectivity index is 2.29. The van der Waals surface area contributed by atoms with Gasteiger partial charge in [0.05, 0.1) is 5.75 Å². The minimum atomic E-state index is -1.49. The van der Waals surface area contributed by atoms with E-state index in [2.05, 4.69) is 19.6 Å². The van der Waals surface area contributed by atoms with Gasteiger partial charge in [0.1, 0.15) is 0 Å². The SMILES string of the molecule is C[Si](C)(C)O[B]Oc1ccccc1. The second kappa shape index (κ2) is 4.48. The molecule has 0 heterocycles. The van der Waals surface area contributed by atoms with Gasteiger partial charge in [0, 0.05) is 0 Å². The molecule has 1 radical (unpaired) electrons. The van der Waals surface area contributed by atoms with E-state index in [0.717, 1.165) is 5.75 Å². The Morgan fingerprint density at radius 2 is 1.69 bits per heavy atom. The van der Waals surface area contributed by atoms with Crippen LogP contribution in [0.1, 0.15) is 0 Å². The van der Waals surface area contributed by atoms with Crippen molar-refractivity contribution in [2.45, 2.75) is 19.6 Å². The molecule has 0 aliphatic carbocycles. The van der Waals surface area contributed by atoms with E-state index in [1.807, 2.05) is 30.3 Å². The average Bonchev–Trinajstić information content (AvgIpc) is 2.04. The van der Waals surface area contributed by atoms with E-state index in [1.54, 1.807) is 0 Å².